The van der Waals surface area contributed by atoms with Gasteiger partial charge in [-0.05, 0) is 27.7 Å². The molecule has 0 aromatic heterocycles. The average Bonchev–Trinajstić information content (AvgIpc) is 2.35. The topological polar surface area (TPSA) is 53.1 Å². The fourth-order valence-electron chi connectivity index (χ4n) is 1.78. The maximum absolute atomic E-state index is 12.0. The second-order valence-corrected chi connectivity index (χ2v) is 5.75. The van der Waals surface area contributed by atoms with Crippen LogP contribution in [0.1, 0.15) is 27.7 Å². The van der Waals surface area contributed by atoms with Gasteiger partial charge in [0.2, 0.25) is 0 Å². The zero-order valence-corrected chi connectivity index (χ0v) is 12.6. The van der Waals surface area contributed by atoms with Crippen molar-refractivity contribution in [2.45, 2.75) is 33.3 Å². The molecule has 0 unspecified atom stereocenters. The lowest BCUT2D eigenvalue weighted by Crippen LogP contribution is -2.54. The van der Waals surface area contributed by atoms with E-state index < -0.39 is 5.60 Å². The molecule has 0 aliphatic carbocycles. The van der Waals surface area contributed by atoms with Crippen molar-refractivity contribution in [2.75, 3.05) is 39.8 Å². The number of rotatable bonds is 1. The van der Waals surface area contributed by atoms with Crippen LogP contribution in [0.5, 0.6) is 0 Å². The largest absolute Gasteiger partial charge is 0.444 e. The lowest BCUT2D eigenvalue weighted by Gasteiger charge is -2.37. The third kappa shape index (κ3) is 4.61. The van der Waals surface area contributed by atoms with Crippen LogP contribution in [0.3, 0.4) is 0 Å². The van der Waals surface area contributed by atoms with Gasteiger partial charge in [0.25, 0.3) is 0 Å². The van der Waals surface area contributed by atoms with Gasteiger partial charge in [-0.2, -0.15) is 0 Å². The summed E-state index contributed by atoms with van der Waals surface area (Å²) in [7, 11) is 1.78. The highest BCUT2D eigenvalue weighted by molar-refractivity contribution is 5.75. The van der Waals surface area contributed by atoms with Crippen molar-refractivity contribution in [3.8, 4) is 0 Å². The van der Waals surface area contributed by atoms with Crippen molar-refractivity contribution in [2.24, 2.45) is 0 Å². The minimum absolute atomic E-state index is 0.0198. The van der Waals surface area contributed by atoms with Gasteiger partial charge < -0.3 is 19.4 Å². The molecular formula is C13H25N3O3. The molecule has 1 fully saturated rings. The molecule has 6 heteroatoms. The molecule has 1 heterocycles. The van der Waals surface area contributed by atoms with Crippen molar-refractivity contribution in [3.05, 3.63) is 0 Å². The molecule has 19 heavy (non-hydrogen) atoms. The Labute approximate surface area is 115 Å². The van der Waals surface area contributed by atoms with E-state index in [0.29, 0.717) is 32.7 Å². The van der Waals surface area contributed by atoms with Crippen LogP contribution in [0.15, 0.2) is 0 Å². The summed E-state index contributed by atoms with van der Waals surface area (Å²) in [4.78, 5) is 28.9. The highest BCUT2D eigenvalue weighted by atomic mass is 16.6. The first-order chi connectivity index (χ1) is 8.74. The predicted octanol–water partition coefficient (Wildman–Crippen LogP) is 1.61. The number of carbonyl (C=O) groups is 2. The molecule has 1 aliphatic rings. The fourth-order valence-corrected chi connectivity index (χ4v) is 1.78. The SMILES string of the molecule is CCN(C)C(=O)N1CCN(C(=O)OC(C)(C)C)CC1. The first-order valence-corrected chi connectivity index (χ1v) is 6.72. The summed E-state index contributed by atoms with van der Waals surface area (Å²) < 4.78 is 5.31. The van der Waals surface area contributed by atoms with E-state index in [0.717, 1.165) is 0 Å². The standard InChI is InChI=1S/C13H25N3O3/c1-6-14(5)11(17)15-7-9-16(10-8-15)12(18)19-13(2,3)4/h6-10H2,1-5H3. The van der Waals surface area contributed by atoms with Crippen LogP contribution in [0.4, 0.5) is 9.59 Å². The molecule has 3 amide bonds. The van der Waals surface area contributed by atoms with Gasteiger partial charge in [0.05, 0.1) is 0 Å². The minimum atomic E-state index is -0.480. The minimum Gasteiger partial charge on any atom is -0.444 e. The number of hydrogen-bond acceptors (Lipinski definition) is 3. The van der Waals surface area contributed by atoms with E-state index in [1.54, 1.807) is 21.7 Å². The number of nitrogens with zero attached hydrogens (tertiary/aromatic N) is 3. The Kier molecular flexibility index (Phi) is 5.03. The Morgan fingerprint density at radius 2 is 1.58 bits per heavy atom. The molecule has 1 rings (SSSR count). The quantitative estimate of drug-likeness (QED) is 0.728. The van der Waals surface area contributed by atoms with Crippen molar-refractivity contribution < 1.29 is 14.3 Å². The maximum atomic E-state index is 12.0. The fraction of sp³-hybridized carbons (Fsp3) is 0.846. The zero-order chi connectivity index (χ0) is 14.6. The third-order valence-electron chi connectivity index (χ3n) is 3.00. The highest BCUT2D eigenvalue weighted by Crippen LogP contribution is 2.12. The molecule has 0 N–H and O–H groups in total. The smallest absolute Gasteiger partial charge is 0.410 e. The third-order valence-corrected chi connectivity index (χ3v) is 3.00. The van der Waals surface area contributed by atoms with E-state index >= 15 is 0 Å². The van der Waals surface area contributed by atoms with Crippen molar-refractivity contribution in [1.29, 1.82) is 0 Å². The molecule has 110 valence electrons. The van der Waals surface area contributed by atoms with Crippen LogP contribution in [-0.4, -0.2) is 72.2 Å². The first kappa shape index (κ1) is 15.6. The first-order valence-electron chi connectivity index (χ1n) is 6.72. The number of urea groups is 1. The van der Waals surface area contributed by atoms with Crippen LogP contribution in [0.25, 0.3) is 0 Å². The van der Waals surface area contributed by atoms with Gasteiger partial charge in [0.1, 0.15) is 5.60 Å². The lowest BCUT2D eigenvalue weighted by molar-refractivity contribution is 0.0160. The normalized spacial score (nSPS) is 16.3. The van der Waals surface area contributed by atoms with Gasteiger partial charge in [0, 0.05) is 39.8 Å². The number of piperazine rings is 1. The summed E-state index contributed by atoms with van der Waals surface area (Å²) in [6.45, 7) is 10.3. The maximum Gasteiger partial charge on any atom is 0.410 e. The Morgan fingerprint density at radius 3 is 2.00 bits per heavy atom. The van der Waals surface area contributed by atoms with E-state index in [1.807, 2.05) is 27.7 Å². The number of hydrogen-bond donors (Lipinski definition) is 0. The summed E-state index contributed by atoms with van der Waals surface area (Å²) in [6.07, 6.45) is -0.302. The summed E-state index contributed by atoms with van der Waals surface area (Å²) in [5.41, 5.74) is -0.480. The molecule has 0 bridgehead atoms. The van der Waals surface area contributed by atoms with Gasteiger partial charge in [-0.3, -0.25) is 0 Å². The average molecular weight is 271 g/mol. The molecule has 0 aromatic carbocycles. The number of amides is 3. The van der Waals surface area contributed by atoms with Crippen LogP contribution in [0, 0.1) is 0 Å². The van der Waals surface area contributed by atoms with E-state index in [4.69, 9.17) is 4.74 Å². The van der Waals surface area contributed by atoms with Gasteiger partial charge >= 0.3 is 12.1 Å². The predicted molar refractivity (Wildman–Crippen MR) is 73.1 cm³/mol. The van der Waals surface area contributed by atoms with E-state index in [2.05, 4.69) is 0 Å². The van der Waals surface area contributed by atoms with Crippen molar-refractivity contribution in [1.82, 2.24) is 14.7 Å². The Morgan fingerprint density at radius 1 is 1.11 bits per heavy atom. The molecule has 0 atom stereocenters. The zero-order valence-electron chi connectivity index (χ0n) is 12.6. The van der Waals surface area contributed by atoms with E-state index in [9.17, 15) is 9.59 Å². The molecule has 0 radical (unpaired) electrons. The summed E-state index contributed by atoms with van der Waals surface area (Å²) in [6, 6.07) is 0.0198. The van der Waals surface area contributed by atoms with Gasteiger partial charge in [-0.1, -0.05) is 0 Å². The molecule has 6 nitrogen and oxygen atoms in total. The monoisotopic (exact) mass is 271 g/mol. The highest BCUT2D eigenvalue weighted by Gasteiger charge is 2.28. The molecule has 1 saturated heterocycles. The van der Waals surface area contributed by atoms with E-state index in [-0.39, 0.29) is 12.1 Å². The van der Waals surface area contributed by atoms with Gasteiger partial charge in [0.15, 0.2) is 0 Å². The Bertz CT molecular complexity index is 331. The lowest BCUT2D eigenvalue weighted by atomic mass is 10.2. The van der Waals surface area contributed by atoms with E-state index in [1.165, 1.54) is 0 Å². The van der Waals surface area contributed by atoms with Gasteiger partial charge in [-0.15, -0.1) is 0 Å². The second kappa shape index (κ2) is 6.12. The van der Waals surface area contributed by atoms with Crippen molar-refractivity contribution in [3.63, 3.8) is 0 Å². The molecule has 1 aliphatic heterocycles. The van der Waals surface area contributed by atoms with Crippen LogP contribution >= 0.6 is 0 Å². The van der Waals surface area contributed by atoms with Crippen molar-refractivity contribution >= 4 is 12.1 Å². The van der Waals surface area contributed by atoms with Crippen LogP contribution < -0.4 is 0 Å². The Balaban J connectivity index is 2.45. The molecule has 0 saturated carbocycles. The molecule has 0 spiro atoms. The summed E-state index contributed by atoms with van der Waals surface area (Å²) >= 11 is 0. The Hall–Kier alpha value is -1.46. The van der Waals surface area contributed by atoms with Crippen LogP contribution in [0.2, 0.25) is 0 Å². The number of ether oxygens (including phenoxy) is 1. The van der Waals surface area contributed by atoms with Crippen LogP contribution in [-0.2, 0) is 4.74 Å². The summed E-state index contributed by atoms with van der Waals surface area (Å²) in [5, 5.41) is 0. The number of carbonyl (C=O) groups excluding carboxylic acids is 2. The summed E-state index contributed by atoms with van der Waals surface area (Å²) in [5.74, 6) is 0. The molecule has 0 aromatic rings. The molecular weight excluding hydrogens is 246 g/mol. The van der Waals surface area contributed by atoms with Gasteiger partial charge in [-0.25, -0.2) is 9.59 Å². The second-order valence-electron chi connectivity index (χ2n) is 5.75.